The number of nitrogens with zero attached hydrogens (tertiary/aromatic N) is 2. The van der Waals surface area contributed by atoms with Crippen LogP contribution in [0.2, 0.25) is 0 Å². The predicted octanol–water partition coefficient (Wildman–Crippen LogP) is 6.51. The molecule has 1 aliphatic carbocycles. The van der Waals surface area contributed by atoms with Crippen LogP contribution in [0.3, 0.4) is 0 Å². The highest BCUT2D eigenvalue weighted by Crippen LogP contribution is 2.67. The summed E-state index contributed by atoms with van der Waals surface area (Å²) in [4.78, 5) is 62.7. The van der Waals surface area contributed by atoms with Crippen molar-refractivity contribution >= 4 is 43.3 Å². The fourth-order valence-corrected chi connectivity index (χ4v) is 8.21. The van der Waals surface area contributed by atoms with Gasteiger partial charge in [-0.05, 0) is 117 Å². The summed E-state index contributed by atoms with van der Waals surface area (Å²) in [7, 11) is -8.39. The number of Topliss-reactive ketones (excluding diaryl/α,β-unsaturated/α-hetero) is 1. The van der Waals surface area contributed by atoms with Gasteiger partial charge in [0.1, 0.15) is 5.82 Å². The molecule has 0 unspecified atom stereocenters. The Bertz CT molecular complexity index is 2380. The highest BCUT2D eigenvalue weighted by atomic mass is 31.2. The number of imidazole rings is 1. The number of rotatable bonds is 11. The first-order valence-electron chi connectivity index (χ1n) is 19.3. The lowest BCUT2D eigenvalue weighted by atomic mass is 9.93. The molecule has 7 N–H and O–H groups in total. The molecule has 0 atom stereocenters. The standard InChI is InChI=1S/C22H22FN3O2.C19H21N.C2H8O7P2/c23-17-9-7-16(8-10-17)21(27)6-3-13-25-14-11-18(12-15-25)26-20-5-2-1-4-19(20)24-22(26)28;1-20-14-6-11-19-17-9-4-2-7-15(17)12-13-16-8-3-5-10-18(16)19;1-2(3,10(4,5)6)11(7,8)9/h1-2,4-5,7-11H,3,6,12-15H2,(H,24,28);2-5,7-11,20H,6,12-14H2,1H3;3H,1H3,(H2,4,5,6)(H2,7,8,9). The number of aliphatic hydroxyl groups is 1. The Balaban J connectivity index is 0.000000186. The average Bonchev–Trinajstić information content (AvgIpc) is 3.46. The first-order valence-corrected chi connectivity index (χ1v) is 22.5. The molecule has 0 saturated heterocycles. The maximum atomic E-state index is 12.9. The van der Waals surface area contributed by atoms with Gasteiger partial charge in [0, 0.05) is 37.2 Å². The molecule has 2 heterocycles. The summed E-state index contributed by atoms with van der Waals surface area (Å²) in [6.07, 6.45) is 9.80. The van der Waals surface area contributed by atoms with Crippen molar-refractivity contribution in [2.75, 3.05) is 33.2 Å². The number of aromatic amines is 1. The molecule has 2 aliphatic rings. The van der Waals surface area contributed by atoms with E-state index < -0.39 is 20.3 Å². The number of H-pyrrole nitrogens is 1. The molecular weight excluding hydrogens is 797 g/mol. The van der Waals surface area contributed by atoms with Gasteiger partial charge in [0.25, 0.3) is 5.08 Å². The van der Waals surface area contributed by atoms with Crippen molar-refractivity contribution in [3.8, 4) is 0 Å². The van der Waals surface area contributed by atoms with E-state index in [0.29, 0.717) is 18.9 Å². The lowest BCUT2D eigenvalue weighted by molar-refractivity contribution is 0.0975. The van der Waals surface area contributed by atoms with Crippen molar-refractivity contribution in [2.45, 2.75) is 50.5 Å². The summed E-state index contributed by atoms with van der Waals surface area (Å²) in [5.41, 5.74) is 10.4. The molecule has 0 fully saturated rings. The molecule has 314 valence electrons. The number of aryl methyl sites for hydroxylation is 2. The molecule has 7 rings (SSSR count). The number of ketones is 1. The molecule has 1 aliphatic heterocycles. The van der Waals surface area contributed by atoms with Crippen LogP contribution in [0.5, 0.6) is 0 Å². The Morgan fingerprint density at radius 1 is 0.864 bits per heavy atom. The van der Waals surface area contributed by atoms with Gasteiger partial charge in [0.2, 0.25) is 0 Å². The second-order valence-electron chi connectivity index (χ2n) is 14.4. The van der Waals surface area contributed by atoms with Gasteiger partial charge in [-0.1, -0.05) is 72.8 Å². The van der Waals surface area contributed by atoms with Gasteiger partial charge in [-0.3, -0.25) is 23.4 Å². The molecule has 16 heteroatoms. The Hall–Kier alpha value is -4.59. The number of carbonyl (C=O) groups is 1. The number of nitrogens with one attached hydrogen (secondary N) is 2. The zero-order chi connectivity index (χ0) is 42.8. The van der Waals surface area contributed by atoms with E-state index in [2.05, 4.69) is 75.9 Å². The summed E-state index contributed by atoms with van der Waals surface area (Å²) >= 11 is 0. The van der Waals surface area contributed by atoms with Gasteiger partial charge in [0.05, 0.1) is 11.0 Å². The summed E-state index contributed by atoms with van der Waals surface area (Å²) in [6, 6.07) is 31.1. The van der Waals surface area contributed by atoms with Crippen LogP contribution in [0.4, 0.5) is 4.39 Å². The van der Waals surface area contributed by atoms with Crippen molar-refractivity contribution in [2.24, 2.45) is 0 Å². The summed E-state index contributed by atoms with van der Waals surface area (Å²) in [5, 5.41) is 8.60. The number of carbonyl (C=O) groups excluding carboxylic acids is 1. The molecule has 0 spiro atoms. The third-order valence-corrected chi connectivity index (χ3v) is 14.1. The van der Waals surface area contributed by atoms with Crippen LogP contribution < -0.4 is 11.0 Å². The van der Waals surface area contributed by atoms with Gasteiger partial charge in [-0.25, -0.2) is 9.18 Å². The normalized spacial score (nSPS) is 14.4. The maximum Gasteiger partial charge on any atom is 0.369 e. The number of aromatic nitrogens is 2. The minimum absolute atomic E-state index is 0.0404. The van der Waals surface area contributed by atoms with Gasteiger partial charge in [0.15, 0.2) is 5.78 Å². The van der Waals surface area contributed by atoms with E-state index in [9.17, 15) is 23.1 Å². The number of para-hydroxylation sites is 2. The minimum Gasteiger partial charge on any atom is -0.368 e. The van der Waals surface area contributed by atoms with E-state index in [-0.39, 0.29) is 17.3 Å². The lowest BCUT2D eigenvalue weighted by Crippen LogP contribution is -2.32. The van der Waals surface area contributed by atoms with Crippen LogP contribution in [0.1, 0.15) is 65.2 Å². The van der Waals surface area contributed by atoms with E-state index in [1.54, 1.807) is 4.57 Å². The lowest BCUT2D eigenvalue weighted by Gasteiger charge is -2.26. The van der Waals surface area contributed by atoms with Crippen molar-refractivity contribution in [1.29, 1.82) is 0 Å². The molecule has 59 heavy (non-hydrogen) atoms. The van der Waals surface area contributed by atoms with Crippen molar-refractivity contribution in [3.05, 3.63) is 153 Å². The van der Waals surface area contributed by atoms with Crippen LogP contribution in [0.15, 0.2) is 114 Å². The van der Waals surface area contributed by atoms with Crippen LogP contribution in [-0.4, -0.2) is 83.2 Å². The van der Waals surface area contributed by atoms with Crippen molar-refractivity contribution in [1.82, 2.24) is 19.8 Å². The zero-order valence-electron chi connectivity index (χ0n) is 33.0. The Morgan fingerprint density at radius 2 is 1.44 bits per heavy atom. The molecule has 13 nitrogen and oxygen atoms in total. The minimum atomic E-state index is -5.20. The predicted molar refractivity (Wildman–Crippen MR) is 228 cm³/mol. The van der Waals surface area contributed by atoms with Crippen LogP contribution in [0, 0.1) is 5.82 Å². The largest absolute Gasteiger partial charge is 0.369 e. The van der Waals surface area contributed by atoms with E-state index in [0.717, 1.165) is 75.0 Å². The van der Waals surface area contributed by atoms with Gasteiger partial charge in [-0.15, -0.1) is 0 Å². The fraction of sp³-hybridized carbons (Fsp3) is 0.302. The van der Waals surface area contributed by atoms with Crippen molar-refractivity contribution < 1.29 is 43.0 Å². The number of halogens is 1. The summed E-state index contributed by atoms with van der Waals surface area (Å²) in [5.74, 6) is -0.291. The topological polar surface area (TPSA) is 205 Å². The zero-order valence-corrected chi connectivity index (χ0v) is 34.8. The molecule has 4 aromatic carbocycles. The van der Waals surface area contributed by atoms with E-state index >= 15 is 0 Å². The van der Waals surface area contributed by atoms with Gasteiger partial charge < -0.3 is 35.0 Å². The SMILES string of the molecule is CC(O)(P(=O)(O)O)P(=O)(O)O.CNCCC=C1c2ccccc2CCc2ccccc21.O=C(CCCN1CC=C(n2c(=O)[nH]c3ccccc32)CC1)c1ccc(F)cc1. The summed E-state index contributed by atoms with van der Waals surface area (Å²) in [6.45, 7) is 3.83. The highest BCUT2D eigenvalue weighted by molar-refractivity contribution is 7.71. The molecule has 0 saturated carbocycles. The Labute approximate surface area is 342 Å². The first-order chi connectivity index (χ1) is 28.0. The van der Waals surface area contributed by atoms with E-state index in [4.69, 9.17) is 24.7 Å². The van der Waals surface area contributed by atoms with Crippen LogP contribution in [-0.2, 0) is 22.0 Å². The molecule has 1 aromatic heterocycles. The van der Waals surface area contributed by atoms with Gasteiger partial charge >= 0.3 is 20.9 Å². The second kappa shape index (κ2) is 20.1. The molecular formula is C43H51FN4O9P2. The highest BCUT2D eigenvalue weighted by Gasteiger charge is 2.55. The maximum absolute atomic E-state index is 12.9. The molecule has 0 bridgehead atoms. The van der Waals surface area contributed by atoms with Gasteiger partial charge in [-0.2, -0.15) is 0 Å². The number of fused-ring (bicyclic) bond motifs is 3. The molecule has 0 radical (unpaired) electrons. The molecule has 0 amide bonds. The first kappa shape index (κ1) is 45.5. The van der Waals surface area contributed by atoms with Crippen molar-refractivity contribution in [3.63, 3.8) is 0 Å². The monoisotopic (exact) mass is 848 g/mol. The number of hydrogen-bond acceptors (Lipinski definition) is 7. The van der Waals surface area contributed by atoms with E-state index in [1.807, 2.05) is 31.3 Å². The van der Waals surface area contributed by atoms with Crippen LogP contribution in [0.25, 0.3) is 22.3 Å². The molecule has 5 aromatic rings. The second-order valence-corrected chi connectivity index (χ2v) is 18.7. The third kappa shape index (κ3) is 11.6. The fourth-order valence-electron chi connectivity index (χ4n) is 6.86. The smallest absolute Gasteiger partial charge is 0.368 e. The Kier molecular flexibility index (Phi) is 15.5. The van der Waals surface area contributed by atoms with E-state index in [1.165, 1.54) is 52.1 Å². The summed E-state index contributed by atoms with van der Waals surface area (Å²) < 4.78 is 35.2. The average molecular weight is 849 g/mol. The number of benzene rings is 4. The quantitative estimate of drug-likeness (QED) is 0.0433. The number of hydrogen-bond donors (Lipinski definition) is 7. The Morgan fingerprint density at radius 3 is 1.98 bits per heavy atom. The third-order valence-electron chi connectivity index (χ3n) is 10.3. The van der Waals surface area contributed by atoms with Crippen LogP contribution >= 0.6 is 15.2 Å².